The number of amidine groups is 1. The number of carbonyl (C=O) groups is 2. The van der Waals surface area contributed by atoms with Crippen LogP contribution in [0, 0.1) is 0 Å². The van der Waals surface area contributed by atoms with Gasteiger partial charge in [0.2, 0.25) is 5.91 Å². The second-order valence-electron chi connectivity index (χ2n) is 4.81. The SMILES string of the molecule is CCOc1cc(C=NN=C2NC(=O)C(CC(=O)O)S2)cc(Br)c1OC. The molecule has 134 valence electrons. The summed E-state index contributed by atoms with van der Waals surface area (Å²) in [5, 5.41) is 18.7. The number of halogens is 1. The van der Waals surface area contributed by atoms with Crippen LogP contribution in [-0.4, -0.2) is 47.3 Å². The minimum absolute atomic E-state index is 0.262. The monoisotopic (exact) mass is 429 g/mol. The molecule has 0 aliphatic carbocycles. The van der Waals surface area contributed by atoms with Gasteiger partial charge in [0.05, 0.1) is 30.8 Å². The second-order valence-corrected chi connectivity index (χ2v) is 6.86. The number of benzene rings is 1. The number of hydrogen-bond donors (Lipinski definition) is 2. The van der Waals surface area contributed by atoms with E-state index < -0.39 is 11.2 Å². The first-order valence-electron chi connectivity index (χ1n) is 7.25. The lowest BCUT2D eigenvalue weighted by atomic mass is 10.2. The van der Waals surface area contributed by atoms with Gasteiger partial charge >= 0.3 is 5.97 Å². The van der Waals surface area contributed by atoms with E-state index in [1.165, 1.54) is 6.21 Å². The molecular weight excluding hydrogens is 414 g/mol. The summed E-state index contributed by atoms with van der Waals surface area (Å²) in [6, 6.07) is 3.54. The zero-order chi connectivity index (χ0) is 18.4. The fourth-order valence-corrected chi connectivity index (χ4v) is 3.55. The normalized spacial score (nSPS) is 18.6. The smallest absolute Gasteiger partial charge is 0.305 e. The average molecular weight is 430 g/mol. The fourth-order valence-electron chi connectivity index (χ4n) is 2.02. The maximum atomic E-state index is 11.6. The lowest BCUT2D eigenvalue weighted by molar-refractivity contribution is -0.138. The number of thioether (sulfide) groups is 1. The minimum Gasteiger partial charge on any atom is -0.492 e. The number of ether oxygens (including phenoxy) is 2. The number of hydrogen-bond acceptors (Lipinski definition) is 7. The van der Waals surface area contributed by atoms with Crippen molar-refractivity contribution in [1.82, 2.24) is 5.32 Å². The molecule has 1 unspecified atom stereocenters. The highest BCUT2D eigenvalue weighted by Gasteiger charge is 2.32. The van der Waals surface area contributed by atoms with Gasteiger partial charge in [-0.3, -0.25) is 9.59 Å². The topological polar surface area (TPSA) is 110 Å². The number of rotatable bonds is 7. The van der Waals surface area contributed by atoms with E-state index in [1.54, 1.807) is 19.2 Å². The maximum Gasteiger partial charge on any atom is 0.305 e. The summed E-state index contributed by atoms with van der Waals surface area (Å²) in [5.41, 5.74) is 0.719. The molecular formula is C15H16BrN3O5S. The second kappa shape index (κ2) is 8.86. The summed E-state index contributed by atoms with van der Waals surface area (Å²) in [6.45, 7) is 2.35. The minimum atomic E-state index is -1.04. The number of methoxy groups -OCH3 is 1. The van der Waals surface area contributed by atoms with Gasteiger partial charge in [-0.15, -0.1) is 5.10 Å². The van der Waals surface area contributed by atoms with Crippen molar-refractivity contribution in [2.45, 2.75) is 18.6 Å². The van der Waals surface area contributed by atoms with E-state index in [0.29, 0.717) is 22.6 Å². The van der Waals surface area contributed by atoms with E-state index in [4.69, 9.17) is 14.6 Å². The van der Waals surface area contributed by atoms with Gasteiger partial charge in [-0.2, -0.15) is 5.10 Å². The molecule has 1 aliphatic heterocycles. The Kier molecular flexibility index (Phi) is 6.82. The average Bonchev–Trinajstić information content (AvgIpc) is 2.86. The molecule has 1 saturated heterocycles. The number of amides is 1. The van der Waals surface area contributed by atoms with E-state index in [0.717, 1.165) is 17.3 Å². The van der Waals surface area contributed by atoms with Crippen LogP contribution in [0.15, 0.2) is 26.8 Å². The van der Waals surface area contributed by atoms with Crippen molar-refractivity contribution in [2.24, 2.45) is 10.2 Å². The summed E-state index contributed by atoms with van der Waals surface area (Å²) in [4.78, 5) is 22.3. The molecule has 1 amide bonds. The molecule has 0 spiro atoms. The van der Waals surface area contributed by atoms with Gasteiger partial charge < -0.3 is 19.9 Å². The Morgan fingerprint density at radius 2 is 2.28 bits per heavy atom. The number of nitrogens with zero attached hydrogens (tertiary/aromatic N) is 2. The van der Waals surface area contributed by atoms with Crippen LogP contribution in [0.4, 0.5) is 0 Å². The molecule has 0 saturated carbocycles. The lowest BCUT2D eigenvalue weighted by Crippen LogP contribution is -2.26. The van der Waals surface area contributed by atoms with Crippen molar-refractivity contribution in [2.75, 3.05) is 13.7 Å². The molecule has 0 bridgehead atoms. The van der Waals surface area contributed by atoms with E-state index in [-0.39, 0.29) is 17.5 Å². The molecule has 25 heavy (non-hydrogen) atoms. The van der Waals surface area contributed by atoms with Crippen molar-refractivity contribution in [3.05, 3.63) is 22.2 Å². The number of carboxylic acid groups (broad SMARTS) is 1. The maximum absolute atomic E-state index is 11.6. The third-order valence-corrected chi connectivity index (χ3v) is 4.69. The van der Waals surface area contributed by atoms with Gasteiger partial charge in [-0.25, -0.2) is 0 Å². The van der Waals surface area contributed by atoms with Crippen LogP contribution in [0.3, 0.4) is 0 Å². The number of aliphatic carboxylic acids is 1. The van der Waals surface area contributed by atoms with Gasteiger partial charge in [-0.05, 0) is 40.5 Å². The molecule has 1 aromatic rings. The van der Waals surface area contributed by atoms with E-state index >= 15 is 0 Å². The Labute approximate surface area is 156 Å². The van der Waals surface area contributed by atoms with Crippen LogP contribution in [-0.2, 0) is 9.59 Å². The Morgan fingerprint density at radius 3 is 2.92 bits per heavy atom. The van der Waals surface area contributed by atoms with E-state index in [1.807, 2.05) is 6.92 Å². The molecule has 1 aliphatic rings. The van der Waals surface area contributed by atoms with Crippen molar-refractivity contribution >= 4 is 51.0 Å². The fraction of sp³-hybridized carbons (Fsp3) is 0.333. The van der Waals surface area contributed by atoms with Crippen LogP contribution in [0.25, 0.3) is 0 Å². The summed E-state index contributed by atoms with van der Waals surface area (Å²) in [5.74, 6) is -0.268. The molecule has 1 atom stereocenters. The Bertz CT molecular complexity index is 738. The predicted octanol–water partition coefficient (Wildman–Crippen LogP) is 2.25. The highest BCUT2D eigenvalue weighted by atomic mass is 79.9. The van der Waals surface area contributed by atoms with Gasteiger partial charge in [0.1, 0.15) is 5.25 Å². The van der Waals surface area contributed by atoms with E-state index in [2.05, 4.69) is 31.4 Å². The quantitative estimate of drug-likeness (QED) is 0.507. The standard InChI is InChI=1S/C15H16BrN3O5S/c1-3-24-10-5-8(4-9(16)13(10)23-2)7-17-19-15-18-14(22)11(25-15)6-12(20)21/h4-5,7,11H,3,6H2,1-2H3,(H,20,21)(H,18,19,22). The van der Waals surface area contributed by atoms with Gasteiger partial charge in [-0.1, -0.05) is 11.8 Å². The zero-order valence-corrected chi connectivity index (χ0v) is 15.9. The predicted molar refractivity (Wildman–Crippen MR) is 98.7 cm³/mol. The molecule has 1 fully saturated rings. The zero-order valence-electron chi connectivity index (χ0n) is 13.5. The molecule has 2 rings (SSSR count). The van der Waals surface area contributed by atoms with Crippen LogP contribution in [0.5, 0.6) is 11.5 Å². The van der Waals surface area contributed by atoms with Crippen molar-refractivity contribution in [3.63, 3.8) is 0 Å². The van der Waals surface area contributed by atoms with Crippen molar-refractivity contribution in [1.29, 1.82) is 0 Å². The van der Waals surface area contributed by atoms with Crippen LogP contribution < -0.4 is 14.8 Å². The summed E-state index contributed by atoms with van der Waals surface area (Å²) < 4.78 is 11.5. The summed E-state index contributed by atoms with van der Waals surface area (Å²) in [6.07, 6.45) is 1.24. The Morgan fingerprint density at radius 1 is 1.52 bits per heavy atom. The molecule has 8 nitrogen and oxygen atoms in total. The van der Waals surface area contributed by atoms with Crippen LogP contribution in [0.2, 0.25) is 0 Å². The third-order valence-electron chi connectivity index (χ3n) is 3.03. The Balaban J connectivity index is 2.12. The van der Waals surface area contributed by atoms with Crippen molar-refractivity contribution < 1.29 is 24.2 Å². The van der Waals surface area contributed by atoms with Gasteiger partial charge in [0.25, 0.3) is 0 Å². The highest BCUT2D eigenvalue weighted by Crippen LogP contribution is 2.36. The summed E-state index contributed by atoms with van der Waals surface area (Å²) >= 11 is 4.45. The largest absolute Gasteiger partial charge is 0.492 e. The number of nitrogens with one attached hydrogen (secondary N) is 1. The highest BCUT2D eigenvalue weighted by molar-refractivity contribution is 9.10. The Hall–Kier alpha value is -2.07. The van der Waals surface area contributed by atoms with Crippen LogP contribution >= 0.6 is 27.7 Å². The van der Waals surface area contributed by atoms with Crippen molar-refractivity contribution in [3.8, 4) is 11.5 Å². The molecule has 0 aromatic heterocycles. The lowest BCUT2D eigenvalue weighted by Gasteiger charge is -2.11. The van der Waals surface area contributed by atoms with Gasteiger partial charge in [0, 0.05) is 0 Å². The molecule has 1 heterocycles. The molecule has 10 heteroatoms. The first kappa shape index (κ1) is 19.3. The molecule has 2 N–H and O–H groups in total. The first-order valence-corrected chi connectivity index (χ1v) is 8.92. The van der Waals surface area contributed by atoms with Crippen LogP contribution in [0.1, 0.15) is 18.9 Å². The first-order chi connectivity index (χ1) is 11.9. The van der Waals surface area contributed by atoms with E-state index in [9.17, 15) is 9.59 Å². The number of carboxylic acids is 1. The van der Waals surface area contributed by atoms with Gasteiger partial charge in [0.15, 0.2) is 16.7 Å². The third kappa shape index (κ3) is 5.20. The molecule has 1 aromatic carbocycles. The summed E-state index contributed by atoms with van der Waals surface area (Å²) in [7, 11) is 1.55. The molecule has 0 radical (unpaired) electrons. The number of carbonyl (C=O) groups excluding carboxylic acids is 1.